The van der Waals surface area contributed by atoms with Gasteiger partial charge in [0.25, 0.3) is 0 Å². The van der Waals surface area contributed by atoms with Crippen molar-refractivity contribution < 1.29 is 4.74 Å². The third-order valence-electron chi connectivity index (χ3n) is 3.36. The number of hydrogen-bond donors (Lipinski definition) is 2. The maximum atomic E-state index is 5.65. The van der Waals surface area contributed by atoms with Gasteiger partial charge in [-0.15, -0.1) is 24.0 Å². The summed E-state index contributed by atoms with van der Waals surface area (Å²) in [6.07, 6.45) is 3.90. The SMILES string of the molecule is CCNC(=NCCOCc1ccccc1)NCCn1cc(C)cn1.I. The number of aliphatic imine (C=N–C) groups is 1. The lowest BCUT2D eigenvalue weighted by molar-refractivity contribution is 0.128. The summed E-state index contributed by atoms with van der Waals surface area (Å²) in [4.78, 5) is 4.52. The van der Waals surface area contributed by atoms with Crippen molar-refractivity contribution >= 4 is 29.9 Å². The van der Waals surface area contributed by atoms with Gasteiger partial charge in [0, 0.05) is 19.3 Å². The fraction of sp³-hybridized carbons (Fsp3) is 0.444. The molecule has 0 radical (unpaired) electrons. The third kappa shape index (κ3) is 8.87. The zero-order chi connectivity index (χ0) is 17.0. The Morgan fingerprint density at radius 1 is 1.24 bits per heavy atom. The highest BCUT2D eigenvalue weighted by atomic mass is 127. The predicted molar refractivity (Wildman–Crippen MR) is 112 cm³/mol. The Labute approximate surface area is 167 Å². The van der Waals surface area contributed by atoms with Gasteiger partial charge in [0.15, 0.2) is 5.96 Å². The van der Waals surface area contributed by atoms with E-state index in [1.165, 1.54) is 11.1 Å². The molecule has 0 saturated carbocycles. The van der Waals surface area contributed by atoms with E-state index in [2.05, 4.69) is 39.8 Å². The molecular weight excluding hydrogens is 429 g/mol. The molecule has 0 amide bonds. The molecule has 6 nitrogen and oxygen atoms in total. The molecule has 0 bridgehead atoms. The number of aromatic nitrogens is 2. The minimum absolute atomic E-state index is 0. The summed E-state index contributed by atoms with van der Waals surface area (Å²) in [5.41, 5.74) is 2.35. The van der Waals surface area contributed by atoms with Crippen LogP contribution in [0.4, 0.5) is 0 Å². The largest absolute Gasteiger partial charge is 0.375 e. The van der Waals surface area contributed by atoms with Crippen molar-refractivity contribution in [3.8, 4) is 0 Å². The molecule has 1 aromatic heterocycles. The fourth-order valence-electron chi connectivity index (χ4n) is 2.21. The molecule has 0 saturated heterocycles. The molecule has 2 N–H and O–H groups in total. The minimum atomic E-state index is 0. The highest BCUT2D eigenvalue weighted by molar-refractivity contribution is 14.0. The van der Waals surface area contributed by atoms with Crippen molar-refractivity contribution in [1.82, 2.24) is 20.4 Å². The number of ether oxygens (including phenoxy) is 1. The first-order valence-corrected chi connectivity index (χ1v) is 8.41. The zero-order valence-electron chi connectivity index (χ0n) is 14.9. The van der Waals surface area contributed by atoms with E-state index < -0.39 is 0 Å². The van der Waals surface area contributed by atoms with E-state index in [9.17, 15) is 0 Å². The number of rotatable bonds is 9. The number of halogens is 1. The molecule has 138 valence electrons. The topological polar surface area (TPSA) is 63.5 Å². The Morgan fingerprint density at radius 2 is 2.04 bits per heavy atom. The molecule has 0 aliphatic heterocycles. The Morgan fingerprint density at radius 3 is 2.72 bits per heavy atom. The zero-order valence-corrected chi connectivity index (χ0v) is 17.3. The quantitative estimate of drug-likeness (QED) is 0.263. The lowest BCUT2D eigenvalue weighted by atomic mass is 10.2. The van der Waals surface area contributed by atoms with Gasteiger partial charge in [0.1, 0.15) is 0 Å². The molecular formula is C18H28IN5O. The second-order valence-electron chi connectivity index (χ2n) is 5.51. The molecule has 0 aliphatic rings. The van der Waals surface area contributed by atoms with Crippen molar-refractivity contribution in [3.63, 3.8) is 0 Å². The van der Waals surface area contributed by atoms with Crippen LogP contribution in [0.5, 0.6) is 0 Å². The molecule has 0 fully saturated rings. The van der Waals surface area contributed by atoms with Crippen LogP contribution in [0.2, 0.25) is 0 Å². The number of nitrogens with zero attached hydrogens (tertiary/aromatic N) is 3. The van der Waals surface area contributed by atoms with Gasteiger partial charge in [-0.05, 0) is 25.0 Å². The summed E-state index contributed by atoms with van der Waals surface area (Å²) in [5, 5.41) is 10.8. The Balaban J connectivity index is 0.00000312. The molecule has 25 heavy (non-hydrogen) atoms. The van der Waals surface area contributed by atoms with Gasteiger partial charge in [0.2, 0.25) is 0 Å². The lowest BCUT2D eigenvalue weighted by Crippen LogP contribution is -2.39. The van der Waals surface area contributed by atoms with Crippen LogP contribution < -0.4 is 10.6 Å². The van der Waals surface area contributed by atoms with E-state index in [0.29, 0.717) is 19.8 Å². The standard InChI is InChI=1S/C18H27N5O.HI/c1-3-19-18(20-9-11-23-14-16(2)13-22-23)21-10-12-24-15-17-7-5-4-6-8-17;/h4-8,13-14H,3,9-12,15H2,1-2H3,(H2,19,20,21);1H. The second kappa shape index (κ2) is 12.7. The molecule has 7 heteroatoms. The lowest BCUT2D eigenvalue weighted by Gasteiger charge is -2.11. The van der Waals surface area contributed by atoms with Crippen LogP contribution in [0.3, 0.4) is 0 Å². The summed E-state index contributed by atoms with van der Waals surface area (Å²) in [7, 11) is 0. The van der Waals surface area contributed by atoms with Gasteiger partial charge in [-0.2, -0.15) is 5.10 Å². The van der Waals surface area contributed by atoms with Crippen LogP contribution in [0, 0.1) is 6.92 Å². The minimum Gasteiger partial charge on any atom is -0.375 e. The van der Waals surface area contributed by atoms with Crippen molar-refractivity contribution in [2.45, 2.75) is 27.0 Å². The molecule has 2 rings (SSSR count). The Bertz CT molecular complexity index is 615. The molecule has 2 aromatic rings. The fourth-order valence-corrected chi connectivity index (χ4v) is 2.21. The van der Waals surface area contributed by atoms with Crippen LogP contribution >= 0.6 is 24.0 Å². The van der Waals surface area contributed by atoms with Crippen molar-refractivity contribution in [1.29, 1.82) is 0 Å². The normalized spacial score (nSPS) is 11.0. The van der Waals surface area contributed by atoms with Crippen LogP contribution in [-0.4, -0.2) is 42.0 Å². The first-order valence-electron chi connectivity index (χ1n) is 8.41. The monoisotopic (exact) mass is 457 g/mol. The summed E-state index contributed by atoms with van der Waals surface area (Å²) in [6.45, 7) is 8.36. The van der Waals surface area contributed by atoms with Gasteiger partial charge < -0.3 is 15.4 Å². The van der Waals surface area contributed by atoms with Gasteiger partial charge in [-0.3, -0.25) is 9.67 Å². The summed E-state index contributed by atoms with van der Waals surface area (Å²) in [5.74, 6) is 0.810. The van der Waals surface area contributed by atoms with Crippen LogP contribution in [0.25, 0.3) is 0 Å². The van der Waals surface area contributed by atoms with Gasteiger partial charge in [-0.1, -0.05) is 30.3 Å². The molecule has 1 heterocycles. The van der Waals surface area contributed by atoms with Gasteiger partial charge in [-0.25, -0.2) is 0 Å². The first-order chi connectivity index (χ1) is 11.8. The maximum absolute atomic E-state index is 5.65. The number of guanidine groups is 1. The third-order valence-corrected chi connectivity index (χ3v) is 3.36. The second-order valence-corrected chi connectivity index (χ2v) is 5.51. The maximum Gasteiger partial charge on any atom is 0.191 e. The molecule has 0 unspecified atom stereocenters. The molecule has 0 atom stereocenters. The molecule has 0 spiro atoms. The van der Waals surface area contributed by atoms with Crippen LogP contribution in [0.15, 0.2) is 47.7 Å². The van der Waals surface area contributed by atoms with Crippen LogP contribution in [-0.2, 0) is 17.9 Å². The summed E-state index contributed by atoms with van der Waals surface area (Å²) < 4.78 is 7.57. The summed E-state index contributed by atoms with van der Waals surface area (Å²) >= 11 is 0. The number of benzene rings is 1. The summed E-state index contributed by atoms with van der Waals surface area (Å²) in [6, 6.07) is 10.2. The van der Waals surface area contributed by atoms with E-state index in [-0.39, 0.29) is 24.0 Å². The Hall–Kier alpha value is -1.61. The first kappa shape index (κ1) is 21.4. The average Bonchev–Trinajstić information content (AvgIpc) is 3.01. The Kier molecular flexibility index (Phi) is 10.9. The number of nitrogens with one attached hydrogen (secondary N) is 2. The predicted octanol–water partition coefficient (Wildman–Crippen LogP) is 2.58. The number of aryl methyl sites for hydroxylation is 1. The van der Waals surface area contributed by atoms with Crippen molar-refractivity contribution in [2.75, 3.05) is 26.2 Å². The van der Waals surface area contributed by atoms with E-state index in [4.69, 9.17) is 4.74 Å². The van der Waals surface area contributed by atoms with E-state index >= 15 is 0 Å². The highest BCUT2D eigenvalue weighted by Gasteiger charge is 1.98. The molecule has 0 aliphatic carbocycles. The molecule has 1 aromatic carbocycles. The van der Waals surface area contributed by atoms with E-state index in [1.54, 1.807) is 0 Å². The number of hydrogen-bond acceptors (Lipinski definition) is 3. The van der Waals surface area contributed by atoms with Crippen LogP contribution in [0.1, 0.15) is 18.1 Å². The average molecular weight is 457 g/mol. The van der Waals surface area contributed by atoms with Crippen molar-refractivity contribution in [2.24, 2.45) is 4.99 Å². The smallest absolute Gasteiger partial charge is 0.191 e. The van der Waals surface area contributed by atoms with Gasteiger partial charge in [0.05, 0.1) is 32.5 Å². The van der Waals surface area contributed by atoms with E-state index in [0.717, 1.165) is 25.6 Å². The van der Waals surface area contributed by atoms with Gasteiger partial charge >= 0.3 is 0 Å². The van der Waals surface area contributed by atoms with Crippen molar-refractivity contribution in [3.05, 3.63) is 53.9 Å². The van der Waals surface area contributed by atoms with E-state index in [1.807, 2.05) is 42.2 Å². The highest BCUT2D eigenvalue weighted by Crippen LogP contribution is 1.99.